The van der Waals surface area contributed by atoms with Crippen molar-refractivity contribution in [1.29, 1.82) is 0 Å². The summed E-state index contributed by atoms with van der Waals surface area (Å²) in [6.07, 6.45) is -3.35. The summed E-state index contributed by atoms with van der Waals surface area (Å²) < 4.78 is 93.2. The number of amidine groups is 1. The fourth-order valence-corrected chi connectivity index (χ4v) is 5.92. The highest BCUT2D eigenvalue weighted by Gasteiger charge is 2.47. The SMILES string of the molecule is Cc1cc(NS(N)(=O)=O)ccc1C=CS(=O)(=O)N1CCC2(CC1)N=C(c1cccc(OC(F)(F)F)c1)NC2=O. The lowest BCUT2D eigenvalue weighted by Gasteiger charge is -2.34. The number of nitrogens with two attached hydrogens (primary N) is 1. The van der Waals surface area contributed by atoms with Crippen LogP contribution in [0.4, 0.5) is 18.9 Å². The van der Waals surface area contributed by atoms with Crippen molar-refractivity contribution in [2.75, 3.05) is 17.8 Å². The van der Waals surface area contributed by atoms with Gasteiger partial charge in [0.05, 0.1) is 5.69 Å². The van der Waals surface area contributed by atoms with Crippen LogP contribution in [0.5, 0.6) is 5.75 Å². The van der Waals surface area contributed by atoms with Gasteiger partial charge in [0.2, 0.25) is 10.0 Å². The predicted molar refractivity (Wildman–Crippen MR) is 137 cm³/mol. The van der Waals surface area contributed by atoms with Crippen LogP contribution in [0.3, 0.4) is 0 Å². The lowest BCUT2D eigenvalue weighted by Crippen LogP contribution is -2.50. The van der Waals surface area contributed by atoms with E-state index in [0.29, 0.717) is 11.1 Å². The lowest BCUT2D eigenvalue weighted by molar-refractivity contribution is -0.274. The molecule has 0 unspecified atom stereocenters. The number of alkyl halides is 3. The number of sulfonamides is 1. The number of hydrogen-bond acceptors (Lipinski definition) is 7. The summed E-state index contributed by atoms with van der Waals surface area (Å²) in [6, 6.07) is 9.52. The van der Waals surface area contributed by atoms with Gasteiger partial charge in [0.1, 0.15) is 17.1 Å². The van der Waals surface area contributed by atoms with E-state index in [1.807, 2.05) is 0 Å². The fraction of sp³-hybridized carbons (Fsp3) is 0.304. The maximum Gasteiger partial charge on any atom is 0.573 e. The third kappa shape index (κ3) is 6.95. The topological polar surface area (TPSA) is 160 Å². The second-order valence-corrected chi connectivity index (χ2v) is 12.1. The van der Waals surface area contributed by atoms with Crippen LogP contribution in [0.1, 0.15) is 29.5 Å². The van der Waals surface area contributed by atoms with E-state index in [0.717, 1.165) is 17.5 Å². The van der Waals surface area contributed by atoms with Crippen LogP contribution in [0.2, 0.25) is 0 Å². The quantitative estimate of drug-likeness (QED) is 0.450. The zero-order valence-corrected chi connectivity index (χ0v) is 22.0. The van der Waals surface area contributed by atoms with E-state index in [2.05, 4.69) is 19.8 Å². The Bertz CT molecular complexity index is 1560. The van der Waals surface area contributed by atoms with E-state index in [1.165, 1.54) is 40.7 Å². The molecular weight excluding hydrogens is 563 g/mol. The van der Waals surface area contributed by atoms with Crippen LogP contribution in [0.15, 0.2) is 52.9 Å². The lowest BCUT2D eigenvalue weighted by atomic mass is 9.89. The summed E-state index contributed by atoms with van der Waals surface area (Å²) in [4.78, 5) is 17.2. The molecule has 11 nitrogen and oxygen atoms in total. The Morgan fingerprint density at radius 3 is 2.44 bits per heavy atom. The number of piperidine rings is 1. The van der Waals surface area contributed by atoms with Gasteiger partial charge in [0.15, 0.2) is 0 Å². The van der Waals surface area contributed by atoms with E-state index in [4.69, 9.17) is 5.14 Å². The number of carbonyl (C=O) groups excluding carboxylic acids is 1. The van der Waals surface area contributed by atoms with Crippen LogP contribution in [0, 0.1) is 6.92 Å². The number of nitrogens with zero attached hydrogens (tertiary/aromatic N) is 2. The van der Waals surface area contributed by atoms with Gasteiger partial charge in [-0.1, -0.05) is 18.2 Å². The first kappa shape index (κ1) is 28.5. The Kier molecular flexibility index (Phi) is 7.50. The molecule has 4 rings (SSSR count). The molecule has 39 heavy (non-hydrogen) atoms. The van der Waals surface area contributed by atoms with Crippen molar-refractivity contribution in [2.24, 2.45) is 10.1 Å². The van der Waals surface area contributed by atoms with Crippen LogP contribution < -0.4 is 19.9 Å². The molecule has 0 bridgehead atoms. The summed E-state index contributed by atoms with van der Waals surface area (Å²) in [5.41, 5.74) is 0.343. The molecular formula is C23H24F3N5O6S2. The molecule has 16 heteroatoms. The molecule has 0 aliphatic carbocycles. The Balaban J connectivity index is 1.45. The normalized spacial score (nSPS) is 18.3. The average Bonchev–Trinajstić information content (AvgIpc) is 3.12. The molecule has 0 aromatic heterocycles. The number of ether oxygens (including phenoxy) is 1. The number of anilines is 1. The monoisotopic (exact) mass is 587 g/mol. The van der Waals surface area contributed by atoms with Gasteiger partial charge in [-0.3, -0.25) is 14.5 Å². The number of halogens is 3. The third-order valence-electron chi connectivity index (χ3n) is 6.18. The molecule has 2 aromatic carbocycles. The summed E-state index contributed by atoms with van der Waals surface area (Å²) in [7, 11) is -7.82. The molecule has 0 saturated carbocycles. The van der Waals surface area contributed by atoms with E-state index in [-0.39, 0.29) is 43.0 Å². The first-order valence-electron chi connectivity index (χ1n) is 11.4. The minimum absolute atomic E-state index is 0.00963. The van der Waals surface area contributed by atoms with Crippen molar-refractivity contribution < 1.29 is 39.5 Å². The predicted octanol–water partition coefficient (Wildman–Crippen LogP) is 2.22. The van der Waals surface area contributed by atoms with Gasteiger partial charge >= 0.3 is 6.36 Å². The molecule has 2 aliphatic rings. The molecule has 2 aliphatic heterocycles. The molecule has 0 radical (unpaired) electrons. The maximum atomic E-state index is 12.9. The number of carbonyl (C=O) groups is 1. The third-order valence-corrected chi connectivity index (χ3v) is 8.27. The molecule has 210 valence electrons. The number of hydrogen-bond donors (Lipinski definition) is 3. The van der Waals surface area contributed by atoms with Crippen LogP contribution >= 0.6 is 0 Å². The molecule has 2 aromatic rings. The van der Waals surface area contributed by atoms with Gasteiger partial charge in [-0.2, -0.15) is 12.7 Å². The van der Waals surface area contributed by atoms with E-state index in [9.17, 15) is 34.8 Å². The van der Waals surface area contributed by atoms with E-state index in [1.54, 1.807) is 6.92 Å². The maximum absolute atomic E-state index is 12.9. The van der Waals surface area contributed by atoms with E-state index < -0.39 is 43.8 Å². The van der Waals surface area contributed by atoms with Crippen molar-refractivity contribution in [3.8, 4) is 5.75 Å². The number of aryl methyl sites for hydroxylation is 1. The highest BCUT2D eigenvalue weighted by molar-refractivity contribution is 7.92. The molecule has 0 atom stereocenters. The van der Waals surface area contributed by atoms with Crippen LogP contribution in [-0.4, -0.2) is 57.9 Å². The zero-order valence-electron chi connectivity index (χ0n) is 20.4. The molecule has 2 heterocycles. The highest BCUT2D eigenvalue weighted by atomic mass is 32.2. The molecule has 1 amide bonds. The Morgan fingerprint density at radius 2 is 1.82 bits per heavy atom. The zero-order chi connectivity index (χ0) is 28.6. The van der Waals surface area contributed by atoms with E-state index >= 15 is 0 Å². The Morgan fingerprint density at radius 1 is 1.13 bits per heavy atom. The van der Waals surface area contributed by atoms with Crippen molar-refractivity contribution >= 4 is 43.7 Å². The van der Waals surface area contributed by atoms with Crippen LogP contribution in [-0.2, 0) is 25.0 Å². The van der Waals surface area contributed by atoms with Crippen molar-refractivity contribution in [2.45, 2.75) is 31.7 Å². The minimum atomic E-state index is -4.87. The molecule has 1 saturated heterocycles. The first-order valence-corrected chi connectivity index (χ1v) is 14.5. The molecule has 4 N–H and O–H groups in total. The van der Waals surface area contributed by atoms with Crippen molar-refractivity contribution in [1.82, 2.24) is 9.62 Å². The first-order chi connectivity index (χ1) is 18.1. The van der Waals surface area contributed by atoms with Gasteiger partial charge < -0.3 is 10.1 Å². The second-order valence-electron chi connectivity index (χ2n) is 8.99. The van der Waals surface area contributed by atoms with Gasteiger partial charge in [-0.15, -0.1) is 13.2 Å². The minimum Gasteiger partial charge on any atom is -0.406 e. The standard InChI is InChI=1S/C23H24F3N5O6S2/c1-15-13-18(30-39(27,35)36)6-5-16(15)7-12-38(33,34)31-10-8-22(9-11-31)21(32)28-20(29-22)17-3-2-4-19(14-17)37-23(24,25)26/h2-7,12-14,30H,8-11H2,1H3,(H2,27,35,36)(H,28,29,32). The summed E-state index contributed by atoms with van der Waals surface area (Å²) in [5.74, 6) is -0.841. The summed E-state index contributed by atoms with van der Waals surface area (Å²) in [5, 5.41) is 8.57. The molecule has 1 spiro atoms. The largest absolute Gasteiger partial charge is 0.573 e. The summed E-state index contributed by atoms with van der Waals surface area (Å²) in [6.45, 7) is 1.65. The Hall–Kier alpha value is -3.47. The second kappa shape index (κ2) is 10.3. The van der Waals surface area contributed by atoms with Gasteiger partial charge in [-0.25, -0.2) is 13.6 Å². The molecule has 1 fully saturated rings. The number of amides is 1. The van der Waals surface area contributed by atoms with Crippen molar-refractivity contribution in [3.63, 3.8) is 0 Å². The number of nitrogens with one attached hydrogen (secondary N) is 2. The number of aliphatic imine (C=N–C) groups is 1. The fourth-order valence-electron chi connectivity index (χ4n) is 4.28. The summed E-state index contributed by atoms with van der Waals surface area (Å²) >= 11 is 0. The van der Waals surface area contributed by atoms with Crippen molar-refractivity contribution in [3.05, 3.63) is 64.6 Å². The number of rotatable bonds is 7. The smallest absolute Gasteiger partial charge is 0.406 e. The van der Waals surface area contributed by atoms with Crippen LogP contribution in [0.25, 0.3) is 6.08 Å². The van der Waals surface area contributed by atoms with Gasteiger partial charge in [0.25, 0.3) is 16.1 Å². The van der Waals surface area contributed by atoms with Gasteiger partial charge in [0, 0.05) is 24.1 Å². The number of benzene rings is 2. The van der Waals surface area contributed by atoms with Gasteiger partial charge in [-0.05, 0) is 61.2 Å². The Labute approximate surface area is 222 Å². The highest BCUT2D eigenvalue weighted by Crippen LogP contribution is 2.33. The average molecular weight is 588 g/mol.